The lowest BCUT2D eigenvalue weighted by atomic mass is 10.2. The summed E-state index contributed by atoms with van der Waals surface area (Å²) in [5.41, 5.74) is 5.52. The van der Waals surface area contributed by atoms with Crippen molar-refractivity contribution in [2.24, 2.45) is 5.92 Å². The van der Waals surface area contributed by atoms with Crippen molar-refractivity contribution in [3.05, 3.63) is 10.7 Å². The van der Waals surface area contributed by atoms with Crippen LogP contribution in [0.3, 0.4) is 0 Å². The number of halogens is 1. The Bertz CT molecular complexity index is 317. The highest BCUT2D eigenvalue weighted by atomic mass is 79.9. The molecule has 5 heteroatoms. The molecule has 1 atom stereocenters. The van der Waals surface area contributed by atoms with Crippen molar-refractivity contribution in [2.75, 3.05) is 5.73 Å². The fraction of sp³-hybridized carbons (Fsp3) is 0.556. The molecule has 78 valence electrons. The third-order valence-corrected chi connectivity index (χ3v) is 4.26. The Morgan fingerprint density at radius 2 is 2.07 bits per heavy atom. The Hall–Kier alpha value is -0.290. The van der Waals surface area contributed by atoms with Crippen molar-refractivity contribution < 1.29 is 0 Å². The maximum atomic E-state index is 5.52. The highest BCUT2D eigenvalue weighted by Gasteiger charge is 2.12. The van der Waals surface area contributed by atoms with E-state index in [0.29, 0.717) is 17.1 Å². The smallest absolute Gasteiger partial charge is 0.221 e. The van der Waals surface area contributed by atoms with Gasteiger partial charge in [-0.3, -0.25) is 0 Å². The molecule has 1 heterocycles. The lowest BCUT2D eigenvalue weighted by molar-refractivity contribution is 0.641. The van der Waals surface area contributed by atoms with E-state index < -0.39 is 0 Å². The van der Waals surface area contributed by atoms with E-state index in [2.05, 4.69) is 46.7 Å². The van der Waals surface area contributed by atoms with Gasteiger partial charge in [-0.2, -0.15) is 0 Å². The molecule has 14 heavy (non-hydrogen) atoms. The number of nitrogens with two attached hydrogens (primary N) is 1. The molecule has 0 bridgehead atoms. The molecule has 2 N–H and O–H groups in total. The van der Waals surface area contributed by atoms with Crippen LogP contribution < -0.4 is 5.73 Å². The number of nitrogens with zero attached hydrogens (tertiary/aromatic N) is 2. The zero-order valence-electron chi connectivity index (χ0n) is 8.49. The van der Waals surface area contributed by atoms with E-state index in [4.69, 9.17) is 5.73 Å². The van der Waals surface area contributed by atoms with Crippen LogP contribution in [-0.4, -0.2) is 15.2 Å². The minimum absolute atomic E-state index is 0.326. The van der Waals surface area contributed by atoms with E-state index in [1.54, 1.807) is 18.0 Å². The van der Waals surface area contributed by atoms with Crippen LogP contribution in [0.1, 0.15) is 20.8 Å². The molecule has 0 spiro atoms. The van der Waals surface area contributed by atoms with Gasteiger partial charge in [0.25, 0.3) is 0 Å². The number of hydrogen-bond donors (Lipinski definition) is 1. The van der Waals surface area contributed by atoms with E-state index in [9.17, 15) is 0 Å². The van der Waals surface area contributed by atoms with Gasteiger partial charge in [0.05, 0.1) is 4.47 Å². The highest BCUT2D eigenvalue weighted by molar-refractivity contribution is 9.10. The van der Waals surface area contributed by atoms with Gasteiger partial charge in [0, 0.05) is 11.4 Å². The molecule has 1 rings (SSSR count). The molecule has 0 saturated carbocycles. The van der Waals surface area contributed by atoms with E-state index in [1.807, 2.05) is 0 Å². The van der Waals surface area contributed by atoms with Gasteiger partial charge in [-0.15, -0.1) is 11.8 Å². The van der Waals surface area contributed by atoms with Gasteiger partial charge in [-0.1, -0.05) is 20.8 Å². The molecule has 1 aromatic rings. The first kappa shape index (κ1) is 11.8. The third-order valence-electron chi connectivity index (χ3n) is 1.97. The topological polar surface area (TPSA) is 51.8 Å². The van der Waals surface area contributed by atoms with Crippen LogP contribution in [-0.2, 0) is 0 Å². The van der Waals surface area contributed by atoms with Crippen LogP contribution >= 0.6 is 27.7 Å². The summed E-state index contributed by atoms with van der Waals surface area (Å²) in [5.74, 6) is 0.940. The van der Waals surface area contributed by atoms with Gasteiger partial charge in [-0.25, -0.2) is 9.97 Å². The van der Waals surface area contributed by atoms with Crippen molar-refractivity contribution in [2.45, 2.75) is 31.0 Å². The fourth-order valence-corrected chi connectivity index (χ4v) is 2.17. The predicted molar refractivity (Wildman–Crippen MR) is 64.3 cm³/mol. The summed E-state index contributed by atoms with van der Waals surface area (Å²) in [6.45, 7) is 6.56. The number of thioether (sulfide) groups is 1. The molecule has 0 radical (unpaired) electrons. The lowest BCUT2D eigenvalue weighted by Gasteiger charge is -2.14. The average Bonchev–Trinajstić information content (AvgIpc) is 2.11. The second-order valence-electron chi connectivity index (χ2n) is 3.45. The highest BCUT2D eigenvalue weighted by Crippen LogP contribution is 2.31. The summed E-state index contributed by atoms with van der Waals surface area (Å²) in [5, 5.41) is 1.43. The summed E-state index contributed by atoms with van der Waals surface area (Å²) in [4.78, 5) is 8.08. The molecule has 0 aliphatic heterocycles. The molecule has 1 unspecified atom stereocenters. The number of hydrogen-bond acceptors (Lipinski definition) is 4. The number of aromatic nitrogens is 2. The Morgan fingerprint density at radius 1 is 1.43 bits per heavy atom. The summed E-state index contributed by atoms with van der Waals surface area (Å²) in [6, 6.07) is 0. The van der Waals surface area contributed by atoms with E-state index in [-0.39, 0.29) is 0 Å². The molecule has 0 saturated heterocycles. The molecular weight excluding hydrogens is 262 g/mol. The minimum Gasteiger partial charge on any atom is -0.368 e. The van der Waals surface area contributed by atoms with Crippen LogP contribution in [0.4, 0.5) is 5.95 Å². The van der Waals surface area contributed by atoms with Gasteiger partial charge in [0.1, 0.15) is 5.03 Å². The summed E-state index contributed by atoms with van der Waals surface area (Å²) >= 11 is 5.12. The SMILES string of the molecule is CC(C)C(C)Sc1nc(N)ncc1Br. The van der Waals surface area contributed by atoms with E-state index in [1.165, 1.54) is 0 Å². The number of anilines is 1. The zero-order chi connectivity index (χ0) is 10.7. The number of nitrogen functional groups attached to an aromatic ring is 1. The van der Waals surface area contributed by atoms with Gasteiger partial charge in [0.15, 0.2) is 0 Å². The molecule has 0 aliphatic rings. The van der Waals surface area contributed by atoms with Gasteiger partial charge < -0.3 is 5.73 Å². The van der Waals surface area contributed by atoms with Crippen LogP contribution in [0.2, 0.25) is 0 Å². The summed E-state index contributed by atoms with van der Waals surface area (Å²) in [6.07, 6.45) is 1.69. The molecule has 0 aromatic carbocycles. The monoisotopic (exact) mass is 275 g/mol. The van der Waals surface area contributed by atoms with Gasteiger partial charge >= 0.3 is 0 Å². The summed E-state index contributed by atoms with van der Waals surface area (Å²) < 4.78 is 0.907. The predicted octanol–water partition coefficient (Wildman–Crippen LogP) is 2.96. The molecule has 0 aliphatic carbocycles. The van der Waals surface area contributed by atoms with Crippen LogP contribution in [0.5, 0.6) is 0 Å². The minimum atomic E-state index is 0.326. The standard InChI is InChI=1S/C9H14BrN3S/c1-5(2)6(3)14-8-7(10)4-12-9(11)13-8/h4-6H,1-3H3,(H2,11,12,13). The normalized spacial score (nSPS) is 13.2. The van der Waals surface area contributed by atoms with Crippen LogP contribution in [0.15, 0.2) is 15.7 Å². The van der Waals surface area contributed by atoms with Gasteiger partial charge in [-0.05, 0) is 21.8 Å². The van der Waals surface area contributed by atoms with Gasteiger partial charge in [0.2, 0.25) is 5.95 Å². The van der Waals surface area contributed by atoms with E-state index in [0.717, 1.165) is 9.50 Å². The molecule has 3 nitrogen and oxygen atoms in total. The van der Waals surface area contributed by atoms with Crippen molar-refractivity contribution in [3.63, 3.8) is 0 Å². The lowest BCUT2D eigenvalue weighted by Crippen LogP contribution is -2.06. The Labute approximate surface area is 97.0 Å². The van der Waals surface area contributed by atoms with Crippen LogP contribution in [0, 0.1) is 5.92 Å². The number of rotatable bonds is 3. The first-order valence-corrected chi connectivity index (χ1v) is 6.12. The maximum absolute atomic E-state index is 5.52. The zero-order valence-corrected chi connectivity index (χ0v) is 10.9. The fourth-order valence-electron chi connectivity index (χ4n) is 0.759. The quantitative estimate of drug-likeness (QED) is 0.681. The average molecular weight is 276 g/mol. The second kappa shape index (κ2) is 4.98. The first-order valence-electron chi connectivity index (χ1n) is 4.45. The molecule has 0 fully saturated rings. The van der Waals surface area contributed by atoms with Crippen molar-refractivity contribution >= 4 is 33.6 Å². The summed E-state index contributed by atoms with van der Waals surface area (Å²) in [7, 11) is 0. The molecule has 1 aromatic heterocycles. The van der Waals surface area contributed by atoms with Crippen molar-refractivity contribution in [3.8, 4) is 0 Å². The van der Waals surface area contributed by atoms with Crippen molar-refractivity contribution in [1.82, 2.24) is 9.97 Å². The Balaban J connectivity index is 2.80. The molecular formula is C9H14BrN3S. The van der Waals surface area contributed by atoms with Crippen molar-refractivity contribution in [1.29, 1.82) is 0 Å². The van der Waals surface area contributed by atoms with Crippen LogP contribution in [0.25, 0.3) is 0 Å². The Kier molecular flexibility index (Phi) is 4.19. The molecule has 0 amide bonds. The van der Waals surface area contributed by atoms with E-state index >= 15 is 0 Å². The largest absolute Gasteiger partial charge is 0.368 e. The second-order valence-corrected chi connectivity index (χ2v) is 5.67. The third kappa shape index (κ3) is 3.13. The maximum Gasteiger partial charge on any atom is 0.221 e. The first-order chi connectivity index (χ1) is 6.50. The Morgan fingerprint density at radius 3 is 2.64 bits per heavy atom.